The molecule has 0 aromatic carbocycles. The Kier molecular flexibility index (Phi) is 29.7. The highest BCUT2D eigenvalue weighted by Gasteiger charge is 2.04. The molecule has 0 aliphatic carbocycles. The van der Waals surface area contributed by atoms with E-state index < -0.39 is 11.4 Å². The molecule has 0 radical (unpaired) electrons. The third-order valence-electron chi connectivity index (χ3n) is 2.79. The molecule has 0 aliphatic rings. The number of aliphatic hydroxyl groups excluding tert-OH is 6. The quantitative estimate of drug-likeness (QED) is 0.152. The molecule has 0 aromatic heterocycles. The molecule has 150 valence electrons. The van der Waals surface area contributed by atoms with Crippen LogP contribution in [0.25, 0.3) is 0 Å². The molecule has 12 heteroatoms. The normalized spacial score (nSPS) is 10.5. The first-order valence-electron chi connectivity index (χ1n) is 7.52. The molecule has 8 N–H and O–H groups in total. The van der Waals surface area contributed by atoms with Crippen molar-refractivity contribution in [2.75, 3.05) is 78.9 Å². The number of rotatable bonds is 12. The van der Waals surface area contributed by atoms with Gasteiger partial charge in [0.2, 0.25) is 0 Å². The summed E-state index contributed by atoms with van der Waals surface area (Å²) in [5.41, 5.74) is 0. The number of nitrogens with one attached hydrogen (secondary N) is 2. The molecule has 0 saturated heterocycles. The van der Waals surface area contributed by atoms with Crippen molar-refractivity contribution in [3.8, 4) is 0 Å². The maximum absolute atomic E-state index is 8.51. The molecule has 0 bridgehead atoms. The summed E-state index contributed by atoms with van der Waals surface area (Å²) in [4.78, 5) is 2.07. The topological polar surface area (TPSA) is 193 Å². The van der Waals surface area contributed by atoms with Crippen LogP contribution in [0.3, 0.4) is 0 Å². The van der Waals surface area contributed by atoms with Crippen LogP contribution >= 0.6 is 0 Å². The zero-order valence-electron chi connectivity index (χ0n) is 13.8. The van der Waals surface area contributed by atoms with E-state index in [0.29, 0.717) is 39.3 Å². The standard InChI is InChI=1S/2C6H15NO3.H2O3S/c2*8-4-1-7(2-5-9)3-6-10;1-4(2)3/h2*8-10H,1-6H2;(H2,1,2,3). The van der Waals surface area contributed by atoms with Crippen LogP contribution in [-0.2, 0) is 11.4 Å². The number of hydrogen-bond acceptors (Lipinski definition) is 9. The average Bonchev–Trinajstić information content (AvgIpc) is 2.49. The maximum Gasteiger partial charge on any atom is 0.101 e. The summed E-state index contributed by atoms with van der Waals surface area (Å²) in [6.45, 7) is 4.23. The molecule has 0 unspecified atom stereocenters. The fraction of sp³-hybridized carbons (Fsp3) is 1.00. The first kappa shape index (κ1) is 28.5. The summed E-state index contributed by atoms with van der Waals surface area (Å²) in [7, 11) is 0. The lowest BCUT2D eigenvalue weighted by Gasteiger charge is -2.15. The van der Waals surface area contributed by atoms with Crippen molar-refractivity contribution in [2.45, 2.75) is 0 Å². The molecular formula is C12H32N2O9S. The number of aliphatic hydroxyl groups is 6. The maximum atomic E-state index is 8.51. The molecule has 0 fully saturated rings. The van der Waals surface area contributed by atoms with Crippen LogP contribution in [0.15, 0.2) is 0 Å². The van der Waals surface area contributed by atoms with Crippen molar-refractivity contribution in [1.82, 2.24) is 0 Å². The van der Waals surface area contributed by atoms with Gasteiger partial charge in [-0.25, -0.2) is 0 Å². The van der Waals surface area contributed by atoms with E-state index >= 15 is 0 Å². The van der Waals surface area contributed by atoms with E-state index in [2.05, 4.69) is 0 Å². The van der Waals surface area contributed by atoms with Crippen LogP contribution in [0, 0.1) is 0 Å². The van der Waals surface area contributed by atoms with Crippen molar-refractivity contribution in [3.05, 3.63) is 0 Å². The minimum Gasteiger partial charge on any atom is -0.784 e. The van der Waals surface area contributed by atoms with Gasteiger partial charge in [0, 0.05) is 0 Å². The van der Waals surface area contributed by atoms with Crippen LogP contribution in [0.2, 0.25) is 0 Å². The molecule has 0 rings (SSSR count). The van der Waals surface area contributed by atoms with Gasteiger partial charge in [-0.1, -0.05) is 0 Å². The molecule has 0 heterocycles. The van der Waals surface area contributed by atoms with Crippen LogP contribution < -0.4 is 9.80 Å². The zero-order valence-corrected chi connectivity index (χ0v) is 14.6. The Morgan fingerprint density at radius 1 is 0.542 bits per heavy atom. The molecule has 0 aromatic rings. The third-order valence-corrected chi connectivity index (χ3v) is 2.79. The van der Waals surface area contributed by atoms with Crippen LogP contribution in [0.1, 0.15) is 0 Å². The van der Waals surface area contributed by atoms with E-state index in [4.69, 9.17) is 44.0 Å². The van der Waals surface area contributed by atoms with Crippen molar-refractivity contribution < 1.29 is 53.8 Å². The first-order valence-corrected chi connectivity index (χ1v) is 8.52. The lowest BCUT2D eigenvalue weighted by atomic mass is 10.4. The van der Waals surface area contributed by atoms with Gasteiger partial charge in [0.05, 0.1) is 39.6 Å². The van der Waals surface area contributed by atoms with Crippen LogP contribution in [-0.4, -0.2) is 123 Å². The predicted molar refractivity (Wildman–Crippen MR) is 83.3 cm³/mol. The molecule has 0 saturated carbocycles. The van der Waals surface area contributed by atoms with Crippen molar-refractivity contribution in [1.29, 1.82) is 0 Å². The molecule has 0 atom stereocenters. The monoisotopic (exact) mass is 380 g/mol. The lowest BCUT2D eigenvalue weighted by molar-refractivity contribution is -0.901. The Labute approximate surface area is 144 Å². The summed E-state index contributed by atoms with van der Waals surface area (Å²) >= 11 is -3.11. The fourth-order valence-electron chi connectivity index (χ4n) is 1.70. The zero-order chi connectivity index (χ0) is 19.2. The van der Waals surface area contributed by atoms with Crippen molar-refractivity contribution in [2.24, 2.45) is 0 Å². The Morgan fingerprint density at radius 2 is 0.667 bits per heavy atom. The van der Waals surface area contributed by atoms with E-state index in [-0.39, 0.29) is 39.6 Å². The largest absolute Gasteiger partial charge is 0.784 e. The highest BCUT2D eigenvalue weighted by molar-refractivity contribution is 7.72. The summed E-state index contributed by atoms with van der Waals surface area (Å²) in [5, 5.41) is 51.0. The Balaban J connectivity index is -0.000000301. The Bertz CT molecular complexity index is 202. The molecule has 24 heavy (non-hydrogen) atoms. The van der Waals surface area contributed by atoms with E-state index in [1.165, 1.54) is 0 Å². The van der Waals surface area contributed by atoms with E-state index in [9.17, 15) is 0 Å². The fourth-order valence-corrected chi connectivity index (χ4v) is 1.70. The summed E-state index contributed by atoms with van der Waals surface area (Å²) in [6.07, 6.45) is 0. The van der Waals surface area contributed by atoms with E-state index in [1.54, 1.807) is 0 Å². The molecular weight excluding hydrogens is 348 g/mol. The molecule has 11 nitrogen and oxygen atoms in total. The van der Waals surface area contributed by atoms with Gasteiger partial charge < -0.3 is 49.5 Å². The summed E-state index contributed by atoms with van der Waals surface area (Å²) in [5.74, 6) is 0. The van der Waals surface area contributed by atoms with Gasteiger partial charge >= 0.3 is 0 Å². The Hall–Kier alpha value is -0.250. The summed E-state index contributed by atoms with van der Waals surface area (Å²) < 4.78 is 25.3. The highest BCUT2D eigenvalue weighted by Crippen LogP contribution is 1.53. The lowest BCUT2D eigenvalue weighted by Crippen LogP contribution is -3.13. The molecule has 0 amide bonds. The first-order chi connectivity index (χ1) is 11.4. The van der Waals surface area contributed by atoms with Crippen LogP contribution in [0.4, 0.5) is 0 Å². The average molecular weight is 380 g/mol. The van der Waals surface area contributed by atoms with Gasteiger partial charge in [0.25, 0.3) is 0 Å². The predicted octanol–water partition coefficient (Wildman–Crippen LogP) is -7.31. The van der Waals surface area contributed by atoms with Crippen molar-refractivity contribution >= 4 is 11.4 Å². The third kappa shape index (κ3) is 29.7. The second kappa shape index (κ2) is 25.0. The van der Waals surface area contributed by atoms with Gasteiger partial charge in [-0.05, 0) is 0 Å². The van der Waals surface area contributed by atoms with E-state index in [1.807, 2.05) is 0 Å². The van der Waals surface area contributed by atoms with Gasteiger partial charge in [-0.2, -0.15) is 0 Å². The van der Waals surface area contributed by atoms with Gasteiger partial charge in [-0.15, -0.1) is 11.4 Å². The minimum absolute atomic E-state index is 0.106. The number of hydrogen-bond donors (Lipinski definition) is 8. The highest BCUT2D eigenvalue weighted by atomic mass is 32.2. The molecule has 0 spiro atoms. The SMILES string of the molecule is O=S([O-])[O-].OCC[NH+](CCO)CCO.OCC[NH+](CCO)CCO. The van der Waals surface area contributed by atoms with Crippen LogP contribution in [0.5, 0.6) is 0 Å². The van der Waals surface area contributed by atoms with Gasteiger partial charge in [-0.3, -0.25) is 4.21 Å². The smallest absolute Gasteiger partial charge is 0.101 e. The van der Waals surface area contributed by atoms with Crippen molar-refractivity contribution in [3.63, 3.8) is 0 Å². The minimum atomic E-state index is -3.11. The van der Waals surface area contributed by atoms with E-state index in [0.717, 1.165) is 9.80 Å². The summed E-state index contributed by atoms with van der Waals surface area (Å²) in [6, 6.07) is 0. The van der Waals surface area contributed by atoms with Gasteiger partial charge in [0.15, 0.2) is 0 Å². The molecule has 0 aliphatic heterocycles. The number of quaternary nitrogens is 2. The second-order valence-corrected chi connectivity index (χ2v) is 4.95. The second-order valence-electron chi connectivity index (χ2n) is 4.55. The Morgan fingerprint density at radius 3 is 0.750 bits per heavy atom. The van der Waals surface area contributed by atoms with Gasteiger partial charge in [0.1, 0.15) is 39.3 Å².